The minimum absolute atomic E-state index is 0.380. The van der Waals surface area contributed by atoms with Crippen LogP contribution in [-0.4, -0.2) is 9.58 Å². The van der Waals surface area contributed by atoms with Crippen molar-refractivity contribution in [2.24, 2.45) is 0 Å². The molecule has 0 amide bonds. The van der Waals surface area contributed by atoms with Crippen LogP contribution in [-0.2, 0) is 0 Å². The van der Waals surface area contributed by atoms with Gasteiger partial charge in [0.1, 0.15) is 0 Å². The summed E-state index contributed by atoms with van der Waals surface area (Å²) in [5, 5.41) is 0. The lowest BCUT2D eigenvalue weighted by Gasteiger charge is -2.11. The van der Waals surface area contributed by atoms with Crippen LogP contribution in [0.4, 0.5) is 0 Å². The van der Waals surface area contributed by atoms with Gasteiger partial charge in [0.05, 0.1) is 0 Å². The molecule has 0 unspecified atom stereocenters. The van der Waals surface area contributed by atoms with Gasteiger partial charge in [-0.3, -0.25) is 4.79 Å². The molecule has 1 aromatic carbocycles. The van der Waals surface area contributed by atoms with Crippen LogP contribution >= 0.6 is 50.7 Å². The summed E-state index contributed by atoms with van der Waals surface area (Å²) >= 11 is 19.8. The van der Waals surface area contributed by atoms with Crippen LogP contribution in [0.1, 0.15) is 15.9 Å². The van der Waals surface area contributed by atoms with Crippen molar-refractivity contribution in [2.75, 3.05) is 0 Å². The van der Waals surface area contributed by atoms with E-state index in [-0.39, 0.29) is 0 Å². The van der Waals surface area contributed by atoms with Gasteiger partial charge in [-0.05, 0) is 28.4 Å². The van der Waals surface area contributed by atoms with Gasteiger partial charge in [-0.1, -0.05) is 53.0 Å². The van der Waals surface area contributed by atoms with Crippen molar-refractivity contribution in [3.63, 3.8) is 0 Å². The van der Waals surface area contributed by atoms with Crippen molar-refractivity contribution in [3.05, 3.63) is 33.8 Å². The molecule has 0 spiro atoms. The Hall–Kier alpha value is 0.240. The van der Waals surface area contributed by atoms with E-state index in [4.69, 9.17) is 34.8 Å². The van der Waals surface area contributed by atoms with Crippen LogP contribution in [0.2, 0.25) is 0 Å². The molecule has 1 aromatic rings. The van der Waals surface area contributed by atoms with Gasteiger partial charge in [-0.2, -0.15) is 0 Å². The summed E-state index contributed by atoms with van der Waals surface area (Å²) in [5.41, 5.74) is 1.30. The molecule has 14 heavy (non-hydrogen) atoms. The van der Waals surface area contributed by atoms with Crippen LogP contribution in [0.15, 0.2) is 22.7 Å². The first-order valence-electron chi connectivity index (χ1n) is 3.70. The maximum Gasteiger partial charge on any atom is 0.253 e. The Kier molecular flexibility index (Phi) is 3.87. The van der Waals surface area contributed by atoms with Gasteiger partial charge < -0.3 is 0 Å². The van der Waals surface area contributed by atoms with Crippen molar-refractivity contribution < 1.29 is 4.79 Å². The predicted molar refractivity (Wildman–Crippen MR) is 63.5 cm³/mol. The number of hydrogen-bond donors (Lipinski definition) is 0. The Morgan fingerprint density at radius 3 is 2.43 bits per heavy atom. The fraction of sp³-hybridized carbons (Fsp3) is 0.222. The van der Waals surface area contributed by atoms with E-state index in [1.165, 1.54) is 0 Å². The lowest BCUT2D eigenvalue weighted by atomic mass is 10.1. The zero-order chi connectivity index (χ0) is 10.9. The molecule has 0 aliphatic rings. The minimum atomic E-state index is -1.91. The van der Waals surface area contributed by atoms with E-state index < -0.39 is 9.58 Å². The number of Topliss-reactive ketones (excluding diaryl/α,β-unsaturated/α-hetero) is 1. The van der Waals surface area contributed by atoms with Gasteiger partial charge in [-0.25, -0.2) is 0 Å². The van der Waals surface area contributed by atoms with Crippen molar-refractivity contribution in [2.45, 2.75) is 10.7 Å². The highest BCUT2D eigenvalue weighted by molar-refractivity contribution is 9.10. The Morgan fingerprint density at radius 2 is 1.93 bits per heavy atom. The van der Waals surface area contributed by atoms with E-state index in [0.717, 1.165) is 5.56 Å². The number of halogens is 4. The summed E-state index contributed by atoms with van der Waals surface area (Å²) in [4.78, 5) is 11.6. The molecule has 1 rings (SSSR count). The lowest BCUT2D eigenvalue weighted by Crippen LogP contribution is -2.19. The topological polar surface area (TPSA) is 17.1 Å². The molecular weight excluding hydrogens is 310 g/mol. The third-order valence-corrected chi connectivity index (χ3v) is 3.26. The molecule has 0 bridgehead atoms. The number of aryl methyl sites for hydroxylation is 1. The van der Waals surface area contributed by atoms with Crippen LogP contribution in [0, 0.1) is 6.92 Å². The highest BCUT2D eigenvalue weighted by atomic mass is 79.9. The zero-order valence-electron chi connectivity index (χ0n) is 7.15. The molecule has 0 N–H and O–H groups in total. The molecular formula is C9H6BrCl3O. The number of benzene rings is 1. The number of hydrogen-bond acceptors (Lipinski definition) is 1. The van der Waals surface area contributed by atoms with Gasteiger partial charge in [0, 0.05) is 10.0 Å². The molecule has 0 fully saturated rings. The molecule has 0 radical (unpaired) electrons. The third-order valence-electron chi connectivity index (χ3n) is 1.69. The monoisotopic (exact) mass is 314 g/mol. The Balaban J connectivity index is 3.21. The van der Waals surface area contributed by atoms with Gasteiger partial charge in [0.2, 0.25) is 5.78 Å². The minimum Gasteiger partial charge on any atom is -0.289 e. The molecule has 76 valence electrons. The van der Waals surface area contributed by atoms with Crippen molar-refractivity contribution >= 4 is 56.5 Å². The summed E-state index contributed by atoms with van der Waals surface area (Å²) in [5.74, 6) is -0.530. The van der Waals surface area contributed by atoms with Crippen LogP contribution < -0.4 is 0 Å². The average molecular weight is 316 g/mol. The highest BCUT2D eigenvalue weighted by Gasteiger charge is 2.32. The average Bonchev–Trinajstić information content (AvgIpc) is 2.07. The molecule has 0 aliphatic heterocycles. The highest BCUT2D eigenvalue weighted by Crippen LogP contribution is 2.33. The van der Waals surface area contributed by atoms with Gasteiger partial charge in [0.15, 0.2) is 0 Å². The summed E-state index contributed by atoms with van der Waals surface area (Å²) in [6.07, 6.45) is 0. The molecule has 0 aliphatic carbocycles. The maximum absolute atomic E-state index is 11.6. The largest absolute Gasteiger partial charge is 0.289 e. The molecule has 5 heteroatoms. The Bertz CT molecular complexity index is 371. The second-order valence-corrected chi connectivity index (χ2v) is 5.84. The first-order valence-corrected chi connectivity index (χ1v) is 5.63. The van der Waals surface area contributed by atoms with Crippen LogP contribution in [0.5, 0.6) is 0 Å². The van der Waals surface area contributed by atoms with Gasteiger partial charge in [-0.15, -0.1) is 0 Å². The summed E-state index contributed by atoms with van der Waals surface area (Å²) in [6.45, 7) is 1.86. The van der Waals surface area contributed by atoms with Crippen LogP contribution in [0.25, 0.3) is 0 Å². The van der Waals surface area contributed by atoms with E-state index in [2.05, 4.69) is 15.9 Å². The van der Waals surface area contributed by atoms with Crippen LogP contribution in [0.3, 0.4) is 0 Å². The smallest absolute Gasteiger partial charge is 0.253 e. The van der Waals surface area contributed by atoms with E-state index in [0.29, 0.717) is 10.0 Å². The summed E-state index contributed by atoms with van der Waals surface area (Å²) in [7, 11) is 0. The summed E-state index contributed by atoms with van der Waals surface area (Å²) < 4.78 is -1.24. The van der Waals surface area contributed by atoms with Crippen molar-refractivity contribution in [1.82, 2.24) is 0 Å². The van der Waals surface area contributed by atoms with E-state index >= 15 is 0 Å². The second-order valence-electron chi connectivity index (χ2n) is 2.76. The second kappa shape index (κ2) is 4.40. The standard InChI is InChI=1S/C9H6BrCl3O/c1-5-3-2-4-6(7(5)10)8(14)9(11,12)13/h2-4H,1H3. The molecule has 0 saturated carbocycles. The van der Waals surface area contributed by atoms with Crippen molar-refractivity contribution in [1.29, 1.82) is 0 Å². The number of ketones is 1. The Morgan fingerprint density at radius 1 is 1.36 bits per heavy atom. The fourth-order valence-corrected chi connectivity index (χ4v) is 1.73. The van der Waals surface area contributed by atoms with Gasteiger partial charge in [0.25, 0.3) is 3.79 Å². The Labute approximate surface area is 105 Å². The normalized spacial score (nSPS) is 11.5. The molecule has 0 heterocycles. The SMILES string of the molecule is Cc1cccc(C(=O)C(Cl)(Cl)Cl)c1Br. The third kappa shape index (κ3) is 2.63. The predicted octanol–water partition coefficient (Wildman–Crippen LogP) is 4.31. The molecule has 1 nitrogen and oxygen atoms in total. The van der Waals surface area contributed by atoms with E-state index in [9.17, 15) is 4.79 Å². The quantitative estimate of drug-likeness (QED) is 0.557. The fourth-order valence-electron chi connectivity index (χ4n) is 0.975. The maximum atomic E-state index is 11.6. The first kappa shape index (κ1) is 12.3. The summed E-state index contributed by atoms with van der Waals surface area (Å²) in [6, 6.07) is 5.21. The first-order chi connectivity index (χ1) is 6.34. The zero-order valence-corrected chi connectivity index (χ0v) is 11.0. The van der Waals surface area contributed by atoms with E-state index in [1.807, 2.05) is 13.0 Å². The lowest BCUT2D eigenvalue weighted by molar-refractivity contribution is 0.0995. The number of rotatable bonds is 1. The number of carbonyl (C=O) groups is 1. The molecule has 0 saturated heterocycles. The number of carbonyl (C=O) groups excluding carboxylic acids is 1. The molecule has 0 atom stereocenters. The molecule has 0 aromatic heterocycles. The van der Waals surface area contributed by atoms with Gasteiger partial charge >= 0.3 is 0 Å². The number of alkyl halides is 3. The van der Waals surface area contributed by atoms with Crippen molar-refractivity contribution in [3.8, 4) is 0 Å². The van der Waals surface area contributed by atoms with E-state index in [1.54, 1.807) is 12.1 Å².